The van der Waals surface area contributed by atoms with E-state index in [4.69, 9.17) is 27.9 Å². The van der Waals surface area contributed by atoms with Crippen molar-refractivity contribution in [1.82, 2.24) is 19.6 Å². The zero-order valence-electron chi connectivity index (χ0n) is 17.9. The van der Waals surface area contributed by atoms with Gasteiger partial charge in [-0.2, -0.15) is 5.10 Å². The average Bonchev–Trinajstić information content (AvgIpc) is 3.07. The highest BCUT2D eigenvalue weighted by Crippen LogP contribution is 2.22. The fourth-order valence-electron chi connectivity index (χ4n) is 4.18. The number of likely N-dealkylation sites (tertiary alicyclic amines) is 1. The van der Waals surface area contributed by atoms with E-state index in [1.54, 1.807) is 38.7 Å². The van der Waals surface area contributed by atoms with E-state index in [2.05, 4.69) is 5.10 Å². The summed E-state index contributed by atoms with van der Waals surface area (Å²) in [6.45, 7) is 2.05. The van der Waals surface area contributed by atoms with E-state index >= 15 is 0 Å². The molecule has 1 atom stereocenters. The number of benzene rings is 1. The number of rotatable bonds is 4. The summed E-state index contributed by atoms with van der Waals surface area (Å²) in [7, 11) is 0. The number of carboxylic acid groups (broad SMARTS) is 1. The van der Waals surface area contributed by atoms with Crippen molar-refractivity contribution < 1.29 is 24.2 Å². The molecule has 9 nitrogen and oxygen atoms in total. The normalized spacial score (nSPS) is 18.4. The maximum atomic E-state index is 12.9. The van der Waals surface area contributed by atoms with Crippen molar-refractivity contribution in [3.63, 3.8) is 0 Å². The van der Waals surface area contributed by atoms with E-state index in [0.717, 1.165) is 5.69 Å². The highest BCUT2D eigenvalue weighted by molar-refractivity contribution is 6.34. The fraction of sp³-hybridized carbons (Fsp3) is 0.455. The van der Waals surface area contributed by atoms with Crippen LogP contribution in [0.5, 0.6) is 0 Å². The first-order valence-electron chi connectivity index (χ1n) is 10.8. The van der Waals surface area contributed by atoms with Gasteiger partial charge in [-0.1, -0.05) is 23.2 Å². The lowest BCUT2D eigenvalue weighted by atomic mass is 9.98. The standard InChI is InChI=1S/C22H24Cl2N4O5/c23-16-7-14(8-17(24)9-16)13-33-22(32)27-5-2-6-28-18(12-27)10-19(25-28)20(29)26-4-1-3-15(11-26)21(30)31/h7-10,15H,1-6,11-13H2,(H,30,31). The van der Waals surface area contributed by atoms with Crippen molar-refractivity contribution in [3.8, 4) is 0 Å². The molecule has 3 heterocycles. The van der Waals surface area contributed by atoms with Crippen molar-refractivity contribution in [2.24, 2.45) is 5.92 Å². The van der Waals surface area contributed by atoms with Gasteiger partial charge in [0, 0.05) is 36.2 Å². The van der Waals surface area contributed by atoms with Gasteiger partial charge in [0.25, 0.3) is 5.91 Å². The van der Waals surface area contributed by atoms with E-state index in [-0.39, 0.29) is 31.3 Å². The SMILES string of the molecule is O=C(O)C1CCCN(C(=O)c2cc3n(n2)CCCN(C(=O)OCc2cc(Cl)cc(Cl)c2)C3)C1. The summed E-state index contributed by atoms with van der Waals surface area (Å²) < 4.78 is 7.17. The maximum absolute atomic E-state index is 12.9. The topological polar surface area (TPSA) is 105 Å². The number of aromatic nitrogens is 2. The number of carbonyl (C=O) groups excluding carboxylic acids is 2. The Hall–Kier alpha value is -2.78. The summed E-state index contributed by atoms with van der Waals surface area (Å²) in [5.41, 5.74) is 1.68. The van der Waals surface area contributed by atoms with Gasteiger partial charge >= 0.3 is 12.1 Å². The van der Waals surface area contributed by atoms with Gasteiger partial charge in [0.05, 0.1) is 18.2 Å². The Morgan fingerprint density at radius 2 is 1.76 bits per heavy atom. The first-order valence-corrected chi connectivity index (χ1v) is 11.5. The van der Waals surface area contributed by atoms with Gasteiger partial charge in [0.1, 0.15) is 6.61 Å². The molecule has 11 heteroatoms. The number of fused-ring (bicyclic) bond motifs is 1. The smallest absolute Gasteiger partial charge is 0.410 e. The van der Waals surface area contributed by atoms with E-state index in [1.165, 1.54) is 0 Å². The molecule has 2 amide bonds. The van der Waals surface area contributed by atoms with Crippen LogP contribution in [0.2, 0.25) is 10.0 Å². The van der Waals surface area contributed by atoms with Gasteiger partial charge in [-0.15, -0.1) is 0 Å². The van der Waals surface area contributed by atoms with Crippen LogP contribution in [-0.2, 0) is 29.2 Å². The lowest BCUT2D eigenvalue weighted by molar-refractivity contribution is -0.143. The Balaban J connectivity index is 1.40. The van der Waals surface area contributed by atoms with E-state index < -0.39 is 18.0 Å². The van der Waals surface area contributed by atoms with Gasteiger partial charge in [0.15, 0.2) is 5.69 Å². The predicted octanol–water partition coefficient (Wildman–Crippen LogP) is 3.67. The molecule has 33 heavy (non-hydrogen) atoms. The second-order valence-corrected chi connectivity index (χ2v) is 9.15. The molecule has 1 fully saturated rings. The summed E-state index contributed by atoms with van der Waals surface area (Å²) in [4.78, 5) is 40.0. The van der Waals surface area contributed by atoms with Crippen LogP contribution in [0.15, 0.2) is 24.3 Å². The Bertz CT molecular complexity index is 1050. The van der Waals surface area contributed by atoms with Crippen LogP contribution in [0.3, 0.4) is 0 Å². The monoisotopic (exact) mass is 494 g/mol. The lowest BCUT2D eigenvalue weighted by Crippen LogP contribution is -2.42. The molecule has 2 aliphatic heterocycles. The van der Waals surface area contributed by atoms with E-state index in [0.29, 0.717) is 54.5 Å². The van der Waals surface area contributed by atoms with Gasteiger partial charge in [-0.05, 0) is 49.1 Å². The Kier molecular flexibility index (Phi) is 7.09. The number of ether oxygens (including phenoxy) is 1. The first kappa shape index (κ1) is 23.4. The maximum Gasteiger partial charge on any atom is 0.410 e. The number of carboxylic acids is 1. The molecule has 1 aromatic heterocycles. The third-order valence-corrected chi connectivity index (χ3v) is 6.27. The van der Waals surface area contributed by atoms with Crippen LogP contribution in [0.1, 0.15) is 41.0 Å². The van der Waals surface area contributed by atoms with Crippen molar-refractivity contribution in [3.05, 3.63) is 51.3 Å². The van der Waals surface area contributed by atoms with Crippen LogP contribution >= 0.6 is 23.2 Å². The minimum absolute atomic E-state index is 0.0400. The molecule has 1 aromatic carbocycles. The van der Waals surface area contributed by atoms with Crippen LogP contribution in [-0.4, -0.2) is 62.3 Å². The molecule has 0 saturated carbocycles. The molecule has 4 rings (SSSR count). The van der Waals surface area contributed by atoms with Gasteiger partial charge < -0.3 is 19.6 Å². The number of piperidine rings is 1. The van der Waals surface area contributed by atoms with E-state index in [1.807, 2.05) is 0 Å². The molecule has 1 unspecified atom stereocenters. The molecule has 2 aromatic rings. The van der Waals surface area contributed by atoms with Crippen molar-refractivity contribution >= 4 is 41.2 Å². The summed E-state index contributed by atoms with van der Waals surface area (Å²) in [6, 6.07) is 6.65. The molecule has 0 bridgehead atoms. The number of amides is 2. The second kappa shape index (κ2) is 10.0. The van der Waals surface area contributed by atoms with Crippen molar-refractivity contribution in [2.75, 3.05) is 19.6 Å². The zero-order chi connectivity index (χ0) is 23.5. The number of carbonyl (C=O) groups is 3. The van der Waals surface area contributed by atoms with Crippen LogP contribution in [0.4, 0.5) is 4.79 Å². The molecule has 0 radical (unpaired) electrons. The quantitative estimate of drug-likeness (QED) is 0.694. The molecule has 1 saturated heterocycles. The van der Waals surface area contributed by atoms with Gasteiger partial charge in [-0.25, -0.2) is 4.79 Å². The molecular formula is C22H24Cl2N4O5. The fourth-order valence-corrected chi connectivity index (χ4v) is 4.75. The highest BCUT2D eigenvalue weighted by Gasteiger charge is 2.31. The van der Waals surface area contributed by atoms with Crippen LogP contribution in [0, 0.1) is 5.92 Å². The summed E-state index contributed by atoms with van der Waals surface area (Å²) in [6.07, 6.45) is 1.39. The molecule has 0 spiro atoms. The molecule has 2 aliphatic rings. The zero-order valence-corrected chi connectivity index (χ0v) is 19.4. The number of hydrogen-bond donors (Lipinski definition) is 1. The molecule has 1 N–H and O–H groups in total. The third-order valence-electron chi connectivity index (χ3n) is 5.83. The number of aryl methyl sites for hydroxylation is 1. The average molecular weight is 495 g/mol. The number of halogens is 2. The van der Waals surface area contributed by atoms with Crippen LogP contribution < -0.4 is 0 Å². The predicted molar refractivity (Wildman–Crippen MR) is 120 cm³/mol. The first-order chi connectivity index (χ1) is 15.8. The minimum Gasteiger partial charge on any atom is -0.481 e. The van der Waals surface area contributed by atoms with E-state index in [9.17, 15) is 19.5 Å². The van der Waals surface area contributed by atoms with Gasteiger partial charge in [-0.3, -0.25) is 14.3 Å². The lowest BCUT2D eigenvalue weighted by Gasteiger charge is -2.30. The number of hydrogen-bond acceptors (Lipinski definition) is 5. The van der Waals surface area contributed by atoms with Crippen molar-refractivity contribution in [1.29, 1.82) is 0 Å². The summed E-state index contributed by atoms with van der Waals surface area (Å²) in [5, 5.41) is 14.6. The Morgan fingerprint density at radius 1 is 1.03 bits per heavy atom. The Labute approximate surface area is 200 Å². The number of aliphatic carboxylic acids is 1. The molecule has 176 valence electrons. The minimum atomic E-state index is -0.887. The molecule has 0 aliphatic carbocycles. The summed E-state index contributed by atoms with van der Waals surface area (Å²) >= 11 is 12.0. The number of nitrogens with zero attached hydrogens (tertiary/aromatic N) is 4. The largest absolute Gasteiger partial charge is 0.481 e. The van der Waals surface area contributed by atoms with Crippen molar-refractivity contribution in [2.45, 2.75) is 39.0 Å². The highest BCUT2D eigenvalue weighted by atomic mass is 35.5. The Morgan fingerprint density at radius 3 is 2.48 bits per heavy atom. The summed E-state index contributed by atoms with van der Waals surface area (Å²) in [5.74, 6) is -1.72. The third kappa shape index (κ3) is 5.59. The van der Waals surface area contributed by atoms with Crippen LogP contribution in [0.25, 0.3) is 0 Å². The second-order valence-electron chi connectivity index (χ2n) is 8.28. The molecular weight excluding hydrogens is 471 g/mol. The van der Waals surface area contributed by atoms with Gasteiger partial charge in [0.2, 0.25) is 0 Å².